The van der Waals surface area contributed by atoms with Crippen LogP contribution in [0.2, 0.25) is 0 Å². The van der Waals surface area contributed by atoms with Crippen molar-refractivity contribution in [2.75, 3.05) is 13.2 Å². The quantitative estimate of drug-likeness (QED) is 0.413. The minimum absolute atomic E-state index is 0.244. The molecule has 0 aliphatic carbocycles. The first-order valence-corrected chi connectivity index (χ1v) is 7.64. The number of benzene rings is 1. The van der Waals surface area contributed by atoms with E-state index < -0.39 is 11.9 Å². The maximum atomic E-state index is 12.1. The smallest absolute Gasteiger partial charge is 0.339 e. The molecule has 0 atom stereocenters. The molecule has 0 unspecified atom stereocenters. The van der Waals surface area contributed by atoms with E-state index in [-0.39, 0.29) is 17.0 Å². The van der Waals surface area contributed by atoms with Gasteiger partial charge in [-0.2, -0.15) is 0 Å². The van der Waals surface area contributed by atoms with Gasteiger partial charge in [0.1, 0.15) is 0 Å². The maximum absolute atomic E-state index is 12.1. The molecule has 0 N–H and O–H groups in total. The summed E-state index contributed by atoms with van der Waals surface area (Å²) in [4.78, 5) is 24.1. The second-order valence-electron chi connectivity index (χ2n) is 5.34. The van der Waals surface area contributed by atoms with Crippen molar-refractivity contribution in [3.8, 4) is 0 Å². The molecule has 0 fully saturated rings. The van der Waals surface area contributed by atoms with Crippen LogP contribution in [0.3, 0.4) is 0 Å². The van der Waals surface area contributed by atoms with Crippen molar-refractivity contribution < 1.29 is 19.1 Å². The van der Waals surface area contributed by atoms with E-state index in [1.54, 1.807) is 24.3 Å². The van der Waals surface area contributed by atoms with Gasteiger partial charge in [-0.05, 0) is 30.9 Å². The molecule has 0 heterocycles. The minimum atomic E-state index is -0.498. The topological polar surface area (TPSA) is 52.6 Å². The molecule has 0 radical (unpaired) electrons. The normalized spacial score (nSPS) is 10.9. The Bertz CT molecular complexity index is 518. The van der Waals surface area contributed by atoms with Crippen LogP contribution in [0.5, 0.6) is 0 Å². The lowest BCUT2D eigenvalue weighted by Gasteiger charge is -2.10. The van der Waals surface area contributed by atoms with Gasteiger partial charge < -0.3 is 9.47 Å². The zero-order valence-corrected chi connectivity index (χ0v) is 13.5. The molecule has 0 saturated heterocycles. The Hall–Kier alpha value is -2.10. The number of hydrogen-bond acceptors (Lipinski definition) is 4. The third kappa shape index (κ3) is 6.12. The molecule has 1 aromatic rings. The Kier molecular flexibility index (Phi) is 7.97. The van der Waals surface area contributed by atoms with Gasteiger partial charge >= 0.3 is 11.9 Å². The van der Waals surface area contributed by atoms with E-state index in [2.05, 4.69) is 0 Å². The fourth-order valence-corrected chi connectivity index (χ4v) is 1.74. The molecule has 0 aliphatic heterocycles. The predicted octanol–water partition coefficient (Wildman–Crippen LogP) is 4.01. The van der Waals surface area contributed by atoms with E-state index in [0.29, 0.717) is 19.6 Å². The summed E-state index contributed by atoms with van der Waals surface area (Å²) in [7, 11) is 0. The van der Waals surface area contributed by atoms with Gasteiger partial charge in [-0.1, -0.05) is 45.1 Å². The molecule has 120 valence electrons. The number of hydrogen-bond donors (Lipinski definition) is 0. The highest BCUT2D eigenvalue weighted by atomic mass is 16.5. The van der Waals surface area contributed by atoms with Crippen molar-refractivity contribution in [3.63, 3.8) is 0 Å². The van der Waals surface area contributed by atoms with Crippen LogP contribution in [-0.4, -0.2) is 25.2 Å². The lowest BCUT2D eigenvalue weighted by Crippen LogP contribution is -2.16. The summed E-state index contributed by atoms with van der Waals surface area (Å²) in [6, 6.07) is 6.56. The average Bonchev–Trinajstić information content (AvgIpc) is 2.52. The molecule has 0 aliphatic rings. The number of carbonyl (C=O) groups excluding carboxylic acids is 2. The van der Waals surface area contributed by atoms with Crippen molar-refractivity contribution in [3.05, 3.63) is 47.5 Å². The van der Waals surface area contributed by atoms with Crippen LogP contribution in [0.25, 0.3) is 0 Å². The number of rotatable bonds is 8. The van der Waals surface area contributed by atoms with E-state index in [9.17, 15) is 9.59 Å². The van der Waals surface area contributed by atoms with E-state index in [0.717, 1.165) is 6.42 Å². The van der Waals surface area contributed by atoms with E-state index in [1.165, 1.54) is 0 Å². The highest BCUT2D eigenvalue weighted by Crippen LogP contribution is 2.13. The first kappa shape index (κ1) is 18.0. The predicted molar refractivity (Wildman–Crippen MR) is 85.9 cm³/mol. The Morgan fingerprint density at radius 2 is 1.64 bits per heavy atom. The van der Waals surface area contributed by atoms with Gasteiger partial charge in [0.25, 0.3) is 0 Å². The molecule has 22 heavy (non-hydrogen) atoms. The largest absolute Gasteiger partial charge is 0.462 e. The Balaban J connectivity index is 2.67. The van der Waals surface area contributed by atoms with Crippen LogP contribution in [0.15, 0.2) is 36.4 Å². The molecule has 0 bridgehead atoms. The summed E-state index contributed by atoms with van der Waals surface area (Å²) < 4.78 is 10.4. The van der Waals surface area contributed by atoms with Crippen molar-refractivity contribution in [2.45, 2.75) is 33.6 Å². The highest BCUT2D eigenvalue weighted by molar-refractivity contribution is 6.03. The van der Waals surface area contributed by atoms with Gasteiger partial charge in [-0.3, -0.25) is 0 Å². The van der Waals surface area contributed by atoms with E-state index >= 15 is 0 Å². The van der Waals surface area contributed by atoms with Gasteiger partial charge in [0.2, 0.25) is 0 Å². The van der Waals surface area contributed by atoms with Crippen molar-refractivity contribution in [2.24, 2.45) is 5.92 Å². The van der Waals surface area contributed by atoms with Gasteiger partial charge in [-0.15, -0.1) is 0 Å². The minimum Gasteiger partial charge on any atom is -0.462 e. The first-order chi connectivity index (χ1) is 10.6. The second kappa shape index (κ2) is 9.77. The Labute approximate surface area is 132 Å². The zero-order valence-electron chi connectivity index (χ0n) is 13.5. The van der Waals surface area contributed by atoms with E-state index in [4.69, 9.17) is 9.47 Å². The van der Waals surface area contributed by atoms with Crippen molar-refractivity contribution in [1.29, 1.82) is 0 Å². The lowest BCUT2D eigenvalue weighted by molar-refractivity contribution is 0.0431. The van der Waals surface area contributed by atoms with Crippen LogP contribution in [0.4, 0.5) is 0 Å². The van der Waals surface area contributed by atoms with Crippen LogP contribution >= 0.6 is 0 Å². The first-order valence-electron chi connectivity index (χ1n) is 7.64. The van der Waals surface area contributed by atoms with Crippen molar-refractivity contribution in [1.82, 2.24) is 0 Å². The third-order valence-corrected chi connectivity index (χ3v) is 2.83. The van der Waals surface area contributed by atoms with Gasteiger partial charge in [-0.25, -0.2) is 9.59 Å². The number of esters is 2. The second-order valence-corrected chi connectivity index (χ2v) is 5.34. The summed E-state index contributed by atoms with van der Waals surface area (Å²) in [6.07, 6.45) is 5.61. The van der Waals surface area contributed by atoms with Gasteiger partial charge in [0, 0.05) is 0 Å². The fraction of sp³-hybridized carbons (Fsp3) is 0.444. The molecule has 1 aromatic carbocycles. The molecule has 0 saturated carbocycles. The number of allylic oxidation sites excluding steroid dienone is 1. The Morgan fingerprint density at radius 1 is 1.05 bits per heavy atom. The van der Waals surface area contributed by atoms with Gasteiger partial charge in [0.05, 0.1) is 24.3 Å². The van der Waals surface area contributed by atoms with Crippen molar-refractivity contribution >= 4 is 11.9 Å². The summed E-state index contributed by atoms with van der Waals surface area (Å²) in [6.45, 7) is 6.57. The summed E-state index contributed by atoms with van der Waals surface area (Å²) in [5, 5.41) is 0. The summed E-state index contributed by atoms with van der Waals surface area (Å²) in [5.74, 6) is -0.748. The molecule has 4 heteroatoms. The summed E-state index contributed by atoms with van der Waals surface area (Å²) >= 11 is 0. The van der Waals surface area contributed by atoms with Gasteiger partial charge in [0.15, 0.2) is 0 Å². The maximum Gasteiger partial charge on any atom is 0.339 e. The standard InChI is InChI=1S/C18H24O4/c1-4-5-6-9-12-21-17(19)15-10-7-8-11-16(15)18(20)22-13-14(2)3/h5-8,10-11,14H,4,9,12-13H2,1-3H3/b6-5-. The molecule has 0 aromatic heterocycles. The monoisotopic (exact) mass is 304 g/mol. The molecule has 0 amide bonds. The number of ether oxygens (including phenoxy) is 2. The molecule has 4 nitrogen and oxygen atoms in total. The van der Waals surface area contributed by atoms with E-state index in [1.807, 2.05) is 32.9 Å². The molecular weight excluding hydrogens is 280 g/mol. The average molecular weight is 304 g/mol. The fourth-order valence-electron chi connectivity index (χ4n) is 1.74. The summed E-state index contributed by atoms with van der Waals surface area (Å²) in [5.41, 5.74) is 0.493. The molecule has 0 spiro atoms. The highest BCUT2D eigenvalue weighted by Gasteiger charge is 2.18. The van der Waals surface area contributed by atoms with Crippen LogP contribution < -0.4 is 0 Å². The molecular formula is C18H24O4. The SMILES string of the molecule is CC/C=C\CCOC(=O)c1ccccc1C(=O)OCC(C)C. The number of carbonyl (C=O) groups is 2. The van der Waals surface area contributed by atoms with Crippen LogP contribution in [0, 0.1) is 5.92 Å². The lowest BCUT2D eigenvalue weighted by atomic mass is 10.1. The zero-order chi connectivity index (χ0) is 16.4. The van der Waals surface area contributed by atoms with Crippen LogP contribution in [-0.2, 0) is 9.47 Å². The van der Waals surface area contributed by atoms with Crippen LogP contribution in [0.1, 0.15) is 54.3 Å². The Morgan fingerprint density at radius 3 is 2.18 bits per heavy atom. The molecule has 1 rings (SSSR count). The third-order valence-electron chi connectivity index (χ3n) is 2.83.